The second-order valence-electron chi connectivity index (χ2n) is 6.26. The highest BCUT2D eigenvalue weighted by atomic mass is 16.6. The Bertz CT molecular complexity index is 613. The summed E-state index contributed by atoms with van der Waals surface area (Å²) in [6, 6.07) is 3.64. The zero-order valence-electron chi connectivity index (χ0n) is 13.4. The molecule has 0 aromatic carbocycles. The first-order valence-corrected chi connectivity index (χ1v) is 7.28. The number of nitrogens with zero attached hydrogens (tertiary/aromatic N) is 1. The summed E-state index contributed by atoms with van der Waals surface area (Å²) in [6.07, 6.45) is 4.31. The van der Waals surface area contributed by atoms with E-state index in [0.29, 0.717) is 18.5 Å². The van der Waals surface area contributed by atoms with Crippen LogP contribution >= 0.6 is 0 Å². The van der Waals surface area contributed by atoms with E-state index in [2.05, 4.69) is 4.98 Å². The van der Waals surface area contributed by atoms with Crippen LogP contribution in [0.2, 0.25) is 0 Å². The lowest BCUT2D eigenvalue weighted by Gasteiger charge is -2.25. The van der Waals surface area contributed by atoms with Crippen molar-refractivity contribution in [2.24, 2.45) is 0 Å². The fourth-order valence-corrected chi connectivity index (χ4v) is 2.54. The Labute approximate surface area is 130 Å². The van der Waals surface area contributed by atoms with Crippen LogP contribution in [0.3, 0.4) is 0 Å². The molecule has 1 aromatic heterocycles. The molecule has 1 heterocycles. The molecule has 0 amide bonds. The van der Waals surface area contributed by atoms with E-state index >= 15 is 0 Å². The van der Waals surface area contributed by atoms with E-state index in [9.17, 15) is 9.59 Å². The van der Waals surface area contributed by atoms with E-state index in [4.69, 9.17) is 9.47 Å². The van der Waals surface area contributed by atoms with E-state index in [1.165, 1.54) is 13.2 Å². The monoisotopic (exact) mass is 303 g/mol. The fourth-order valence-electron chi connectivity index (χ4n) is 2.54. The van der Waals surface area contributed by atoms with Crippen molar-refractivity contribution in [2.75, 3.05) is 7.11 Å². The van der Waals surface area contributed by atoms with Gasteiger partial charge in [-0.05, 0) is 50.8 Å². The summed E-state index contributed by atoms with van der Waals surface area (Å²) < 4.78 is 10.2. The molecule has 1 atom stereocenters. The van der Waals surface area contributed by atoms with Gasteiger partial charge >= 0.3 is 11.9 Å². The van der Waals surface area contributed by atoms with Crippen molar-refractivity contribution in [3.8, 4) is 0 Å². The Morgan fingerprint density at radius 2 is 2.09 bits per heavy atom. The lowest BCUT2D eigenvalue weighted by Crippen LogP contribution is -2.24. The second kappa shape index (κ2) is 6.30. The van der Waals surface area contributed by atoms with Crippen LogP contribution in [0.25, 0.3) is 5.57 Å². The van der Waals surface area contributed by atoms with Crippen LogP contribution in [0, 0.1) is 0 Å². The van der Waals surface area contributed by atoms with E-state index < -0.39 is 11.6 Å². The third kappa shape index (κ3) is 3.72. The van der Waals surface area contributed by atoms with Gasteiger partial charge in [-0.2, -0.15) is 0 Å². The van der Waals surface area contributed by atoms with Gasteiger partial charge in [0.15, 0.2) is 0 Å². The van der Waals surface area contributed by atoms with Crippen molar-refractivity contribution >= 4 is 17.5 Å². The van der Waals surface area contributed by atoms with Gasteiger partial charge in [0, 0.05) is 12.3 Å². The molecule has 2 rings (SSSR count). The van der Waals surface area contributed by atoms with Gasteiger partial charge in [-0.15, -0.1) is 0 Å². The Morgan fingerprint density at radius 3 is 2.73 bits per heavy atom. The highest BCUT2D eigenvalue weighted by Crippen LogP contribution is 2.37. The molecular weight excluding hydrogens is 282 g/mol. The topological polar surface area (TPSA) is 65.5 Å². The molecular formula is C17H21NO4. The maximum absolute atomic E-state index is 12.0. The number of pyridine rings is 1. The van der Waals surface area contributed by atoms with Crippen LogP contribution < -0.4 is 0 Å². The largest absolute Gasteiger partial charge is 0.469 e. The van der Waals surface area contributed by atoms with E-state index in [0.717, 1.165) is 11.1 Å². The second-order valence-corrected chi connectivity index (χ2v) is 6.26. The van der Waals surface area contributed by atoms with Crippen LogP contribution in [0.15, 0.2) is 24.4 Å². The van der Waals surface area contributed by atoms with Gasteiger partial charge < -0.3 is 9.47 Å². The number of ether oxygens (including phenoxy) is 2. The summed E-state index contributed by atoms with van der Waals surface area (Å²) in [5.41, 5.74) is 1.74. The minimum absolute atomic E-state index is 0.273. The number of carbonyl (C=O) groups excluding carboxylic acids is 2. The first-order chi connectivity index (χ1) is 10.3. The van der Waals surface area contributed by atoms with Crippen molar-refractivity contribution in [3.05, 3.63) is 35.7 Å². The van der Waals surface area contributed by atoms with Crippen LogP contribution in [-0.2, 0) is 19.1 Å². The highest BCUT2D eigenvalue weighted by Gasteiger charge is 2.30. The molecule has 118 valence electrons. The van der Waals surface area contributed by atoms with Crippen molar-refractivity contribution in [2.45, 2.75) is 45.1 Å². The number of methoxy groups -OCH3 is 1. The van der Waals surface area contributed by atoms with Gasteiger partial charge in [0.2, 0.25) is 0 Å². The molecule has 0 saturated heterocycles. The van der Waals surface area contributed by atoms with E-state index in [-0.39, 0.29) is 11.9 Å². The van der Waals surface area contributed by atoms with Gasteiger partial charge in [-0.25, -0.2) is 4.79 Å². The minimum atomic E-state index is -0.537. The molecule has 1 unspecified atom stereocenters. The summed E-state index contributed by atoms with van der Waals surface area (Å²) in [5, 5.41) is 0. The van der Waals surface area contributed by atoms with E-state index in [1.54, 1.807) is 12.3 Å². The van der Waals surface area contributed by atoms with Gasteiger partial charge in [-0.1, -0.05) is 6.07 Å². The zero-order chi connectivity index (χ0) is 16.3. The van der Waals surface area contributed by atoms with Crippen molar-refractivity contribution < 1.29 is 19.1 Å². The molecule has 0 spiro atoms. The number of hydrogen-bond donors (Lipinski definition) is 0. The third-order valence-electron chi connectivity index (χ3n) is 3.41. The Kier molecular flexibility index (Phi) is 4.64. The molecule has 1 aliphatic rings. The molecule has 0 saturated carbocycles. The van der Waals surface area contributed by atoms with Crippen molar-refractivity contribution in [3.63, 3.8) is 0 Å². The van der Waals surface area contributed by atoms with Crippen LogP contribution in [0.5, 0.6) is 0 Å². The zero-order valence-corrected chi connectivity index (χ0v) is 13.4. The number of esters is 2. The molecule has 0 N–H and O–H groups in total. The summed E-state index contributed by atoms with van der Waals surface area (Å²) in [5.74, 6) is -0.995. The average molecular weight is 303 g/mol. The standard InChI is InChI=1S/C17H21NO4/c1-17(2,3)22-14(19)10-11-7-8-13(16(20)21-4)12-6-5-9-18-15(11)12/h5-6,9-10,13H,7-8H2,1-4H3/b11-10-. The quantitative estimate of drug-likeness (QED) is 0.621. The number of aromatic nitrogens is 1. The first kappa shape index (κ1) is 16.2. The lowest BCUT2D eigenvalue weighted by molar-refractivity contribution is -0.148. The highest BCUT2D eigenvalue weighted by molar-refractivity contribution is 5.93. The lowest BCUT2D eigenvalue weighted by atomic mass is 9.82. The molecule has 22 heavy (non-hydrogen) atoms. The Morgan fingerprint density at radius 1 is 1.36 bits per heavy atom. The predicted octanol–water partition coefficient (Wildman–Crippen LogP) is 2.86. The maximum atomic E-state index is 12.0. The molecule has 0 fully saturated rings. The van der Waals surface area contributed by atoms with E-state index in [1.807, 2.05) is 26.8 Å². The summed E-state index contributed by atoms with van der Waals surface area (Å²) >= 11 is 0. The SMILES string of the molecule is COC(=O)C1CC/C(=C/C(=O)OC(C)(C)C)c2ncccc21. The van der Waals surface area contributed by atoms with Crippen molar-refractivity contribution in [1.82, 2.24) is 4.98 Å². The summed E-state index contributed by atoms with van der Waals surface area (Å²) in [6.45, 7) is 5.47. The summed E-state index contributed by atoms with van der Waals surface area (Å²) in [4.78, 5) is 28.2. The van der Waals surface area contributed by atoms with Crippen molar-refractivity contribution in [1.29, 1.82) is 0 Å². The van der Waals surface area contributed by atoms with Crippen LogP contribution in [0.4, 0.5) is 0 Å². The Balaban J connectivity index is 2.32. The predicted molar refractivity (Wildman–Crippen MR) is 82.1 cm³/mol. The molecule has 1 aromatic rings. The van der Waals surface area contributed by atoms with Gasteiger partial charge in [-0.3, -0.25) is 9.78 Å². The number of fused-ring (bicyclic) bond motifs is 1. The first-order valence-electron chi connectivity index (χ1n) is 7.28. The molecule has 1 aliphatic carbocycles. The van der Waals surface area contributed by atoms with Gasteiger partial charge in [0.1, 0.15) is 5.60 Å². The van der Waals surface area contributed by atoms with Gasteiger partial charge in [0.25, 0.3) is 0 Å². The molecule has 0 radical (unpaired) electrons. The number of rotatable bonds is 2. The number of allylic oxidation sites excluding steroid dienone is 1. The maximum Gasteiger partial charge on any atom is 0.331 e. The van der Waals surface area contributed by atoms with Crippen LogP contribution in [0.1, 0.15) is 50.8 Å². The third-order valence-corrected chi connectivity index (χ3v) is 3.41. The fraction of sp³-hybridized carbons (Fsp3) is 0.471. The molecule has 5 nitrogen and oxygen atoms in total. The van der Waals surface area contributed by atoms with Gasteiger partial charge in [0.05, 0.1) is 18.7 Å². The molecule has 5 heteroatoms. The average Bonchev–Trinajstić information content (AvgIpc) is 2.45. The number of hydrogen-bond acceptors (Lipinski definition) is 5. The normalized spacial score (nSPS) is 19.5. The Hall–Kier alpha value is -2.17. The smallest absolute Gasteiger partial charge is 0.331 e. The van der Waals surface area contributed by atoms with Crippen LogP contribution in [-0.4, -0.2) is 29.6 Å². The summed E-state index contributed by atoms with van der Waals surface area (Å²) in [7, 11) is 1.38. The molecule has 0 aliphatic heterocycles. The number of carbonyl (C=O) groups is 2. The minimum Gasteiger partial charge on any atom is -0.469 e. The molecule has 0 bridgehead atoms.